The van der Waals surface area contributed by atoms with E-state index in [4.69, 9.17) is 8.83 Å². The molecule has 1 aromatic carbocycles. The molecule has 0 amide bonds. The second kappa shape index (κ2) is 5.41. The van der Waals surface area contributed by atoms with Gasteiger partial charge in [0.15, 0.2) is 0 Å². The van der Waals surface area contributed by atoms with Crippen molar-refractivity contribution in [2.45, 2.75) is 13.8 Å². The van der Waals surface area contributed by atoms with Crippen LogP contribution in [0, 0.1) is 12.3 Å². The minimum atomic E-state index is 0.492. The lowest BCUT2D eigenvalue weighted by Crippen LogP contribution is -1.92. The van der Waals surface area contributed by atoms with Gasteiger partial charge in [-0.2, -0.15) is 0 Å². The number of furan rings is 2. The highest BCUT2D eigenvalue weighted by Gasteiger charge is 2.09. The molecule has 0 fully saturated rings. The normalized spacial score (nSPS) is 11.2. The van der Waals surface area contributed by atoms with E-state index in [1.807, 2.05) is 24.3 Å². The van der Waals surface area contributed by atoms with Crippen LogP contribution in [-0.4, -0.2) is 0 Å². The maximum Gasteiger partial charge on any atom is 0.133 e. The molecule has 0 saturated carbocycles. The molecule has 0 N–H and O–H groups in total. The SMILES string of the molecule is CC(C)[CH]c1cc(-c2ccco2)cc(-c2ccco2)c1. The smallest absolute Gasteiger partial charge is 0.133 e. The third-order valence-electron chi connectivity index (χ3n) is 3.09. The predicted octanol–water partition coefficient (Wildman–Crippen LogP) is 5.41. The maximum absolute atomic E-state index is 5.51. The molecule has 3 aromatic rings. The molecule has 3 rings (SSSR count). The quantitative estimate of drug-likeness (QED) is 0.630. The second-order valence-corrected chi connectivity index (χ2v) is 5.21. The van der Waals surface area contributed by atoms with Gasteiger partial charge in [-0.15, -0.1) is 0 Å². The molecular formula is C18H17O2. The highest BCUT2D eigenvalue weighted by molar-refractivity contribution is 5.70. The van der Waals surface area contributed by atoms with Crippen molar-refractivity contribution < 1.29 is 8.83 Å². The monoisotopic (exact) mass is 265 g/mol. The minimum Gasteiger partial charge on any atom is -0.464 e. The summed E-state index contributed by atoms with van der Waals surface area (Å²) in [6, 6.07) is 14.1. The van der Waals surface area contributed by atoms with Crippen molar-refractivity contribution in [3.63, 3.8) is 0 Å². The lowest BCUT2D eigenvalue weighted by molar-refractivity contribution is 0.580. The number of hydrogen-bond acceptors (Lipinski definition) is 2. The molecule has 2 nitrogen and oxygen atoms in total. The predicted molar refractivity (Wildman–Crippen MR) is 80.1 cm³/mol. The van der Waals surface area contributed by atoms with E-state index in [-0.39, 0.29) is 0 Å². The van der Waals surface area contributed by atoms with Crippen LogP contribution in [-0.2, 0) is 0 Å². The van der Waals surface area contributed by atoms with Crippen LogP contribution in [0.5, 0.6) is 0 Å². The highest BCUT2D eigenvalue weighted by atomic mass is 16.3. The van der Waals surface area contributed by atoms with Gasteiger partial charge in [-0.05, 0) is 60.4 Å². The Kier molecular flexibility index (Phi) is 3.46. The molecule has 0 aliphatic carbocycles. The van der Waals surface area contributed by atoms with Gasteiger partial charge < -0.3 is 8.83 Å². The summed E-state index contributed by atoms with van der Waals surface area (Å²) in [4.78, 5) is 0. The van der Waals surface area contributed by atoms with E-state index in [9.17, 15) is 0 Å². The Bertz CT molecular complexity index is 609. The molecule has 0 unspecified atom stereocenters. The molecule has 0 aliphatic rings. The van der Waals surface area contributed by atoms with Crippen molar-refractivity contribution >= 4 is 0 Å². The number of benzene rings is 1. The van der Waals surface area contributed by atoms with Gasteiger partial charge in [-0.3, -0.25) is 0 Å². The zero-order valence-corrected chi connectivity index (χ0v) is 11.7. The summed E-state index contributed by atoms with van der Waals surface area (Å²) in [6.07, 6.45) is 5.63. The Morgan fingerprint density at radius 1 is 0.850 bits per heavy atom. The summed E-state index contributed by atoms with van der Waals surface area (Å²) in [5, 5.41) is 0. The van der Waals surface area contributed by atoms with Crippen molar-refractivity contribution in [1.82, 2.24) is 0 Å². The maximum atomic E-state index is 5.51. The Balaban J connectivity index is 2.08. The Hall–Kier alpha value is -2.22. The van der Waals surface area contributed by atoms with Crippen molar-refractivity contribution in [1.29, 1.82) is 0 Å². The first-order valence-electron chi connectivity index (χ1n) is 6.80. The fraction of sp³-hybridized carbons (Fsp3) is 0.167. The van der Waals surface area contributed by atoms with Gasteiger partial charge >= 0.3 is 0 Å². The minimum absolute atomic E-state index is 0.492. The molecular weight excluding hydrogens is 248 g/mol. The average Bonchev–Trinajstić information content (AvgIpc) is 3.11. The lowest BCUT2D eigenvalue weighted by atomic mass is 9.96. The molecule has 0 atom stereocenters. The largest absolute Gasteiger partial charge is 0.464 e. The zero-order valence-electron chi connectivity index (χ0n) is 11.7. The van der Waals surface area contributed by atoms with Crippen LogP contribution in [0.1, 0.15) is 19.4 Å². The number of hydrogen-bond donors (Lipinski definition) is 0. The van der Waals surface area contributed by atoms with Gasteiger partial charge in [0.2, 0.25) is 0 Å². The van der Waals surface area contributed by atoms with Crippen LogP contribution in [0.25, 0.3) is 22.6 Å². The molecule has 20 heavy (non-hydrogen) atoms. The molecule has 2 heterocycles. The van der Waals surface area contributed by atoms with Crippen LogP contribution >= 0.6 is 0 Å². The summed E-state index contributed by atoms with van der Waals surface area (Å²) < 4.78 is 11.0. The van der Waals surface area contributed by atoms with Gasteiger partial charge in [0, 0.05) is 11.1 Å². The fourth-order valence-electron chi connectivity index (χ4n) is 2.30. The van der Waals surface area contributed by atoms with E-state index in [2.05, 4.69) is 38.5 Å². The summed E-state index contributed by atoms with van der Waals surface area (Å²) >= 11 is 0. The molecule has 0 spiro atoms. The molecule has 101 valence electrons. The van der Waals surface area contributed by atoms with Crippen LogP contribution in [0.2, 0.25) is 0 Å². The van der Waals surface area contributed by atoms with Gasteiger partial charge in [0.1, 0.15) is 11.5 Å². The third kappa shape index (κ3) is 2.69. The van der Waals surface area contributed by atoms with Crippen LogP contribution in [0.4, 0.5) is 0 Å². The standard InChI is InChI=1S/C18H17O2/c1-13(2)9-14-10-15(17-5-3-7-19-17)12-16(11-14)18-6-4-8-20-18/h3-13H,1-2H3. The summed E-state index contributed by atoms with van der Waals surface area (Å²) in [6.45, 7) is 4.35. The van der Waals surface area contributed by atoms with E-state index in [0.717, 1.165) is 22.6 Å². The first-order valence-corrected chi connectivity index (χ1v) is 6.80. The van der Waals surface area contributed by atoms with Crippen molar-refractivity contribution in [3.8, 4) is 22.6 Å². The summed E-state index contributed by atoms with van der Waals surface area (Å²) in [5.41, 5.74) is 3.31. The van der Waals surface area contributed by atoms with E-state index in [0.29, 0.717) is 5.92 Å². The summed E-state index contributed by atoms with van der Waals surface area (Å²) in [7, 11) is 0. The Labute approximate surface area is 119 Å². The van der Waals surface area contributed by atoms with Crippen LogP contribution < -0.4 is 0 Å². The Morgan fingerprint density at radius 2 is 1.40 bits per heavy atom. The van der Waals surface area contributed by atoms with Crippen molar-refractivity contribution in [2.24, 2.45) is 5.92 Å². The van der Waals surface area contributed by atoms with Gasteiger partial charge in [-0.1, -0.05) is 13.8 Å². The molecule has 2 aromatic heterocycles. The lowest BCUT2D eigenvalue weighted by Gasteiger charge is -2.09. The van der Waals surface area contributed by atoms with E-state index in [1.165, 1.54) is 5.56 Å². The summed E-state index contributed by atoms with van der Waals surface area (Å²) in [5.74, 6) is 2.24. The van der Waals surface area contributed by atoms with E-state index < -0.39 is 0 Å². The van der Waals surface area contributed by atoms with Crippen molar-refractivity contribution in [3.05, 3.63) is 67.0 Å². The third-order valence-corrected chi connectivity index (χ3v) is 3.09. The zero-order chi connectivity index (χ0) is 13.9. The Morgan fingerprint density at radius 3 is 1.80 bits per heavy atom. The second-order valence-electron chi connectivity index (χ2n) is 5.21. The molecule has 0 saturated heterocycles. The fourth-order valence-corrected chi connectivity index (χ4v) is 2.30. The molecule has 1 radical (unpaired) electrons. The van der Waals surface area contributed by atoms with Crippen LogP contribution in [0.15, 0.2) is 63.8 Å². The van der Waals surface area contributed by atoms with Crippen molar-refractivity contribution in [2.75, 3.05) is 0 Å². The van der Waals surface area contributed by atoms with E-state index in [1.54, 1.807) is 12.5 Å². The molecule has 0 aliphatic heterocycles. The topological polar surface area (TPSA) is 26.3 Å². The van der Waals surface area contributed by atoms with Gasteiger partial charge in [0.25, 0.3) is 0 Å². The first kappa shape index (κ1) is 12.8. The van der Waals surface area contributed by atoms with Gasteiger partial charge in [0.05, 0.1) is 12.5 Å². The highest BCUT2D eigenvalue weighted by Crippen LogP contribution is 2.30. The van der Waals surface area contributed by atoms with Gasteiger partial charge in [-0.25, -0.2) is 0 Å². The van der Waals surface area contributed by atoms with E-state index >= 15 is 0 Å². The molecule has 2 heteroatoms. The van der Waals surface area contributed by atoms with Crippen LogP contribution in [0.3, 0.4) is 0 Å². The molecule has 0 bridgehead atoms. The number of rotatable bonds is 4. The first-order chi connectivity index (χ1) is 9.72. The average molecular weight is 265 g/mol.